The molecule has 0 bridgehead atoms. The van der Waals surface area contributed by atoms with Crippen molar-refractivity contribution in [2.75, 3.05) is 20.8 Å². The maximum atomic E-state index is 12.9. The molecule has 0 radical (unpaired) electrons. The van der Waals surface area contributed by atoms with E-state index < -0.39 is 0 Å². The number of nitrogens with zero attached hydrogens (tertiary/aromatic N) is 1. The fourth-order valence-electron chi connectivity index (χ4n) is 2.35. The Morgan fingerprint density at radius 3 is 2.22 bits per heavy atom. The number of hydrogen-bond acceptors (Lipinski definition) is 3. The third kappa shape index (κ3) is 7.62. The molecule has 148 valence electrons. The molecule has 27 heavy (non-hydrogen) atoms. The van der Waals surface area contributed by atoms with E-state index in [9.17, 15) is 4.39 Å². The van der Waals surface area contributed by atoms with Gasteiger partial charge in [0.25, 0.3) is 0 Å². The van der Waals surface area contributed by atoms with E-state index in [0.717, 1.165) is 23.3 Å². The lowest BCUT2D eigenvalue weighted by Crippen LogP contribution is -2.36. The van der Waals surface area contributed by atoms with Gasteiger partial charge < -0.3 is 20.1 Å². The first-order valence-corrected chi connectivity index (χ1v) is 8.65. The van der Waals surface area contributed by atoms with Crippen LogP contribution in [0.4, 0.5) is 4.39 Å². The predicted octanol–water partition coefficient (Wildman–Crippen LogP) is 4.11. The van der Waals surface area contributed by atoms with Crippen LogP contribution in [0.3, 0.4) is 0 Å². The minimum Gasteiger partial charge on any atom is -0.493 e. The van der Waals surface area contributed by atoms with Crippen LogP contribution in [0.1, 0.15) is 24.5 Å². The van der Waals surface area contributed by atoms with E-state index in [-0.39, 0.29) is 29.8 Å². The van der Waals surface area contributed by atoms with Gasteiger partial charge in [0.05, 0.1) is 13.7 Å². The van der Waals surface area contributed by atoms with Crippen LogP contribution < -0.4 is 20.1 Å². The number of hydrogen-bond donors (Lipinski definition) is 2. The Kier molecular flexibility index (Phi) is 10.5. The maximum absolute atomic E-state index is 12.9. The predicted molar refractivity (Wildman–Crippen MR) is 118 cm³/mol. The van der Waals surface area contributed by atoms with Crippen molar-refractivity contribution in [3.8, 4) is 11.5 Å². The molecule has 0 atom stereocenters. The number of aliphatic imine (C=N–C) groups is 1. The first-order chi connectivity index (χ1) is 12.7. The molecular formula is C20H27FIN3O2. The van der Waals surface area contributed by atoms with E-state index >= 15 is 0 Å². The number of halogens is 2. The van der Waals surface area contributed by atoms with Crippen LogP contribution in [0.2, 0.25) is 0 Å². The van der Waals surface area contributed by atoms with Crippen molar-refractivity contribution in [1.82, 2.24) is 10.6 Å². The average Bonchev–Trinajstić information content (AvgIpc) is 2.68. The molecule has 0 saturated heterocycles. The Morgan fingerprint density at radius 1 is 1.00 bits per heavy atom. The van der Waals surface area contributed by atoms with E-state index in [0.29, 0.717) is 31.4 Å². The lowest BCUT2D eigenvalue weighted by Gasteiger charge is -2.14. The minimum atomic E-state index is -0.239. The van der Waals surface area contributed by atoms with Crippen molar-refractivity contribution in [3.63, 3.8) is 0 Å². The molecule has 0 aromatic heterocycles. The quantitative estimate of drug-likeness (QED) is 0.335. The lowest BCUT2D eigenvalue weighted by molar-refractivity contribution is 0.294. The van der Waals surface area contributed by atoms with Crippen molar-refractivity contribution < 1.29 is 13.9 Å². The maximum Gasteiger partial charge on any atom is 0.191 e. The summed E-state index contributed by atoms with van der Waals surface area (Å²) in [7, 11) is 3.34. The summed E-state index contributed by atoms with van der Waals surface area (Å²) >= 11 is 0. The number of ether oxygens (including phenoxy) is 2. The Labute approximate surface area is 177 Å². The number of methoxy groups -OCH3 is 1. The summed E-state index contributed by atoms with van der Waals surface area (Å²) in [5, 5.41) is 6.45. The van der Waals surface area contributed by atoms with Crippen LogP contribution in [-0.4, -0.2) is 26.7 Å². The Morgan fingerprint density at radius 2 is 1.63 bits per heavy atom. The van der Waals surface area contributed by atoms with Gasteiger partial charge >= 0.3 is 0 Å². The van der Waals surface area contributed by atoms with Crippen LogP contribution in [-0.2, 0) is 13.1 Å². The normalized spacial score (nSPS) is 10.7. The zero-order chi connectivity index (χ0) is 18.8. The second kappa shape index (κ2) is 12.4. The molecule has 2 rings (SSSR count). The SMILES string of the molecule is CCCOc1ccc(CNC(=NC)NCc2ccc(F)cc2)cc1OC.I. The molecule has 2 aromatic rings. The van der Waals surface area contributed by atoms with Crippen molar-refractivity contribution >= 4 is 29.9 Å². The summed E-state index contributed by atoms with van der Waals surface area (Å²) in [5.74, 6) is 1.89. The monoisotopic (exact) mass is 487 g/mol. The molecule has 0 aliphatic rings. The summed E-state index contributed by atoms with van der Waals surface area (Å²) in [4.78, 5) is 4.20. The lowest BCUT2D eigenvalue weighted by atomic mass is 10.2. The zero-order valence-electron chi connectivity index (χ0n) is 15.9. The summed E-state index contributed by atoms with van der Waals surface area (Å²) in [6, 6.07) is 12.2. The Balaban J connectivity index is 0.00000364. The molecule has 0 heterocycles. The molecule has 2 aromatic carbocycles. The molecule has 0 spiro atoms. The van der Waals surface area contributed by atoms with Gasteiger partial charge in [0.15, 0.2) is 17.5 Å². The van der Waals surface area contributed by atoms with E-state index in [1.807, 2.05) is 18.2 Å². The highest BCUT2D eigenvalue weighted by molar-refractivity contribution is 14.0. The van der Waals surface area contributed by atoms with Gasteiger partial charge in [-0.1, -0.05) is 25.1 Å². The third-order valence-corrected chi connectivity index (χ3v) is 3.75. The summed E-state index contributed by atoms with van der Waals surface area (Å²) in [5.41, 5.74) is 2.03. The van der Waals surface area contributed by atoms with Crippen LogP contribution in [0.25, 0.3) is 0 Å². The van der Waals surface area contributed by atoms with E-state index in [4.69, 9.17) is 9.47 Å². The van der Waals surface area contributed by atoms with Gasteiger partial charge in [0, 0.05) is 20.1 Å². The van der Waals surface area contributed by atoms with Gasteiger partial charge in [-0.25, -0.2) is 4.39 Å². The average molecular weight is 487 g/mol. The van der Waals surface area contributed by atoms with Gasteiger partial charge in [0.1, 0.15) is 5.82 Å². The molecule has 0 aliphatic carbocycles. The first kappa shape index (κ1) is 23.0. The smallest absolute Gasteiger partial charge is 0.191 e. The van der Waals surface area contributed by atoms with E-state index in [2.05, 4.69) is 22.5 Å². The standard InChI is InChI=1S/C20H26FN3O2.HI/c1-4-11-26-18-10-7-16(12-19(18)25-3)14-24-20(22-2)23-13-15-5-8-17(21)9-6-15;/h5-10,12H,4,11,13-14H2,1-3H3,(H2,22,23,24);1H. The minimum absolute atomic E-state index is 0. The highest BCUT2D eigenvalue weighted by Gasteiger charge is 2.06. The molecule has 5 nitrogen and oxygen atoms in total. The van der Waals surface area contributed by atoms with Crippen LogP contribution in [0, 0.1) is 5.82 Å². The fraction of sp³-hybridized carbons (Fsp3) is 0.350. The van der Waals surface area contributed by atoms with Gasteiger partial charge in [-0.2, -0.15) is 0 Å². The van der Waals surface area contributed by atoms with Gasteiger partial charge in [-0.15, -0.1) is 24.0 Å². The van der Waals surface area contributed by atoms with Crippen molar-refractivity contribution in [1.29, 1.82) is 0 Å². The highest BCUT2D eigenvalue weighted by atomic mass is 127. The number of nitrogens with one attached hydrogen (secondary N) is 2. The first-order valence-electron chi connectivity index (χ1n) is 8.65. The van der Waals surface area contributed by atoms with Crippen LogP contribution >= 0.6 is 24.0 Å². The second-order valence-electron chi connectivity index (χ2n) is 5.74. The van der Waals surface area contributed by atoms with Crippen molar-refractivity contribution in [2.45, 2.75) is 26.4 Å². The molecule has 0 unspecified atom stereocenters. The summed E-state index contributed by atoms with van der Waals surface area (Å²) in [6.45, 7) is 3.88. The van der Waals surface area contributed by atoms with Crippen molar-refractivity contribution in [2.24, 2.45) is 4.99 Å². The molecule has 0 saturated carbocycles. The molecular weight excluding hydrogens is 460 g/mol. The van der Waals surface area contributed by atoms with Crippen molar-refractivity contribution in [3.05, 3.63) is 59.4 Å². The topological polar surface area (TPSA) is 54.9 Å². The second-order valence-corrected chi connectivity index (χ2v) is 5.74. The summed E-state index contributed by atoms with van der Waals surface area (Å²) in [6.07, 6.45) is 0.947. The summed E-state index contributed by atoms with van der Waals surface area (Å²) < 4.78 is 24.0. The van der Waals surface area contributed by atoms with Gasteiger partial charge in [-0.05, 0) is 41.8 Å². The number of benzene rings is 2. The van der Waals surface area contributed by atoms with Crippen LogP contribution in [0.15, 0.2) is 47.5 Å². The van der Waals surface area contributed by atoms with E-state index in [1.165, 1.54) is 12.1 Å². The Bertz CT molecular complexity index is 724. The zero-order valence-corrected chi connectivity index (χ0v) is 18.3. The third-order valence-electron chi connectivity index (χ3n) is 3.75. The van der Waals surface area contributed by atoms with E-state index in [1.54, 1.807) is 26.3 Å². The molecule has 0 fully saturated rings. The molecule has 0 amide bonds. The molecule has 2 N–H and O–H groups in total. The number of rotatable bonds is 8. The van der Waals surface area contributed by atoms with Crippen LogP contribution in [0.5, 0.6) is 11.5 Å². The fourth-order valence-corrected chi connectivity index (χ4v) is 2.35. The van der Waals surface area contributed by atoms with Gasteiger partial charge in [-0.3, -0.25) is 4.99 Å². The largest absolute Gasteiger partial charge is 0.493 e. The van der Waals surface area contributed by atoms with Gasteiger partial charge in [0.2, 0.25) is 0 Å². The Hall–Kier alpha value is -2.03. The molecule has 0 aliphatic heterocycles. The molecule has 7 heteroatoms. The highest BCUT2D eigenvalue weighted by Crippen LogP contribution is 2.28. The number of guanidine groups is 1.